The van der Waals surface area contributed by atoms with E-state index in [1.54, 1.807) is 0 Å². The van der Waals surface area contributed by atoms with Crippen LogP contribution >= 0.6 is 0 Å². The van der Waals surface area contributed by atoms with Crippen molar-refractivity contribution in [1.29, 1.82) is 0 Å². The quantitative estimate of drug-likeness (QED) is 0.508. The molecule has 0 unspecified atom stereocenters. The third kappa shape index (κ3) is 3.89. The fourth-order valence-corrected chi connectivity index (χ4v) is 1.22. The Morgan fingerprint density at radius 1 is 1.20 bits per heavy atom. The third-order valence-corrected chi connectivity index (χ3v) is 1.75. The molecule has 0 aliphatic carbocycles. The van der Waals surface area contributed by atoms with Crippen molar-refractivity contribution >= 4 is 0 Å². The average Bonchev–Trinajstić information content (AvgIpc) is 1.91. The topological polar surface area (TPSA) is 9.23 Å². The van der Waals surface area contributed by atoms with Gasteiger partial charge in [0.1, 0.15) is 0 Å². The second kappa shape index (κ2) is 5.72. The molecule has 1 heterocycles. The van der Waals surface area contributed by atoms with Crippen molar-refractivity contribution in [2.75, 3.05) is 6.61 Å². The molecule has 0 amide bonds. The first-order valence-electron chi connectivity index (χ1n) is 4.40. The van der Waals surface area contributed by atoms with Crippen LogP contribution in [0.5, 0.6) is 0 Å². The molecule has 1 aliphatic rings. The minimum absolute atomic E-state index is 0.513. The summed E-state index contributed by atoms with van der Waals surface area (Å²) < 4.78 is 5.35. The van der Waals surface area contributed by atoms with Crippen molar-refractivity contribution in [3.63, 3.8) is 0 Å². The van der Waals surface area contributed by atoms with E-state index in [0.717, 1.165) is 12.5 Å². The molecule has 1 nitrogen and oxygen atoms in total. The van der Waals surface area contributed by atoms with Crippen LogP contribution in [0.2, 0.25) is 0 Å². The summed E-state index contributed by atoms with van der Waals surface area (Å²) >= 11 is 0. The summed E-state index contributed by atoms with van der Waals surface area (Å²) in [7, 11) is 0. The summed E-state index contributed by atoms with van der Waals surface area (Å²) in [6.07, 6.45) is 3.02. The van der Waals surface area contributed by atoms with Gasteiger partial charge in [0.2, 0.25) is 0 Å². The zero-order valence-corrected chi connectivity index (χ0v) is 7.68. The van der Waals surface area contributed by atoms with E-state index >= 15 is 0 Å². The van der Waals surface area contributed by atoms with Crippen LogP contribution in [-0.4, -0.2) is 12.7 Å². The molecule has 0 saturated carbocycles. The predicted octanol–water partition coefficient (Wildman–Crippen LogP) is 2.85. The molecule has 1 saturated heterocycles. The van der Waals surface area contributed by atoms with Gasteiger partial charge in [-0.1, -0.05) is 20.8 Å². The van der Waals surface area contributed by atoms with Crippen LogP contribution in [0.15, 0.2) is 0 Å². The molecule has 0 radical (unpaired) electrons. The number of hydrogen-bond donors (Lipinski definition) is 0. The van der Waals surface area contributed by atoms with E-state index in [1.807, 2.05) is 13.8 Å². The first-order valence-corrected chi connectivity index (χ1v) is 4.40. The van der Waals surface area contributed by atoms with Gasteiger partial charge in [-0.05, 0) is 25.7 Å². The summed E-state index contributed by atoms with van der Waals surface area (Å²) in [6, 6.07) is 0. The summed E-state index contributed by atoms with van der Waals surface area (Å²) in [5, 5.41) is 0. The minimum Gasteiger partial charge on any atom is -0.378 e. The minimum atomic E-state index is 0.513. The lowest BCUT2D eigenvalue weighted by Crippen LogP contribution is -2.20. The van der Waals surface area contributed by atoms with E-state index in [-0.39, 0.29) is 0 Å². The highest BCUT2D eigenvalue weighted by molar-refractivity contribution is 4.63. The van der Waals surface area contributed by atoms with Crippen molar-refractivity contribution < 1.29 is 4.74 Å². The van der Waals surface area contributed by atoms with Crippen LogP contribution in [-0.2, 0) is 4.74 Å². The van der Waals surface area contributed by atoms with E-state index in [4.69, 9.17) is 4.74 Å². The Hall–Kier alpha value is -0.0400. The van der Waals surface area contributed by atoms with Crippen molar-refractivity contribution in [3.8, 4) is 0 Å². The fourth-order valence-electron chi connectivity index (χ4n) is 1.22. The Kier molecular flexibility index (Phi) is 5.70. The number of hydrogen-bond acceptors (Lipinski definition) is 1. The van der Waals surface area contributed by atoms with Gasteiger partial charge in [-0.25, -0.2) is 0 Å². The van der Waals surface area contributed by atoms with Gasteiger partial charge in [0.25, 0.3) is 0 Å². The van der Waals surface area contributed by atoms with Gasteiger partial charge in [0, 0.05) is 6.61 Å². The largest absolute Gasteiger partial charge is 0.378 e. The second-order valence-electron chi connectivity index (χ2n) is 2.81. The molecule has 0 aromatic heterocycles. The van der Waals surface area contributed by atoms with Gasteiger partial charge in [-0.2, -0.15) is 0 Å². The van der Waals surface area contributed by atoms with Gasteiger partial charge in [-0.3, -0.25) is 0 Å². The molecular formula is C9H20O. The highest BCUT2D eigenvalue weighted by Crippen LogP contribution is 2.18. The van der Waals surface area contributed by atoms with Gasteiger partial charge < -0.3 is 4.74 Å². The monoisotopic (exact) mass is 144 g/mol. The fraction of sp³-hybridized carbons (Fsp3) is 1.00. The number of rotatable bonds is 0. The molecule has 0 N–H and O–H groups in total. The molecule has 1 fully saturated rings. The summed E-state index contributed by atoms with van der Waals surface area (Å²) in [5.74, 6) is 0.888. The Morgan fingerprint density at radius 3 is 2.10 bits per heavy atom. The molecule has 10 heavy (non-hydrogen) atoms. The first kappa shape index (κ1) is 9.96. The molecule has 1 rings (SSSR count). The van der Waals surface area contributed by atoms with Crippen molar-refractivity contribution in [2.45, 2.75) is 46.6 Å². The third-order valence-electron chi connectivity index (χ3n) is 1.75. The predicted molar refractivity (Wildman–Crippen MR) is 45.2 cm³/mol. The molecule has 0 aromatic carbocycles. The second-order valence-corrected chi connectivity index (χ2v) is 2.81. The van der Waals surface area contributed by atoms with Gasteiger partial charge >= 0.3 is 0 Å². The van der Waals surface area contributed by atoms with Crippen molar-refractivity contribution in [3.05, 3.63) is 0 Å². The summed E-state index contributed by atoms with van der Waals surface area (Å²) in [6.45, 7) is 9.41. The molecule has 2 atom stereocenters. The Labute approximate surface area is 64.8 Å². The highest BCUT2D eigenvalue weighted by atomic mass is 16.5. The van der Waals surface area contributed by atoms with Crippen LogP contribution in [0.4, 0.5) is 0 Å². The lowest BCUT2D eigenvalue weighted by molar-refractivity contribution is 0.00682. The Morgan fingerprint density at radius 2 is 1.80 bits per heavy atom. The van der Waals surface area contributed by atoms with Crippen molar-refractivity contribution in [2.24, 2.45) is 5.92 Å². The smallest absolute Gasteiger partial charge is 0.0549 e. The van der Waals surface area contributed by atoms with E-state index in [1.165, 1.54) is 12.8 Å². The SMILES string of the molecule is CC.C[C@H]1CCO[C@@H](C)C1. The first-order chi connectivity index (χ1) is 4.79. The Balaban J connectivity index is 0.000000371. The number of ether oxygens (including phenoxy) is 1. The normalized spacial score (nSPS) is 32.4. The van der Waals surface area contributed by atoms with Crippen LogP contribution < -0.4 is 0 Å². The molecule has 0 aromatic rings. The summed E-state index contributed by atoms with van der Waals surface area (Å²) in [5.41, 5.74) is 0. The Bertz CT molecular complexity index is 63.1. The van der Waals surface area contributed by atoms with Crippen LogP contribution in [0.1, 0.15) is 40.5 Å². The van der Waals surface area contributed by atoms with E-state index in [0.29, 0.717) is 6.10 Å². The average molecular weight is 144 g/mol. The van der Waals surface area contributed by atoms with Crippen LogP contribution in [0, 0.1) is 5.92 Å². The molecule has 1 heteroatoms. The maximum absolute atomic E-state index is 5.35. The van der Waals surface area contributed by atoms with Gasteiger partial charge in [0.15, 0.2) is 0 Å². The van der Waals surface area contributed by atoms with Gasteiger partial charge in [0.05, 0.1) is 6.10 Å². The van der Waals surface area contributed by atoms with Crippen LogP contribution in [0.25, 0.3) is 0 Å². The highest BCUT2D eigenvalue weighted by Gasteiger charge is 2.13. The van der Waals surface area contributed by atoms with Crippen LogP contribution in [0.3, 0.4) is 0 Å². The van der Waals surface area contributed by atoms with E-state index in [9.17, 15) is 0 Å². The molecule has 0 bridgehead atoms. The van der Waals surface area contributed by atoms with Gasteiger partial charge in [-0.15, -0.1) is 0 Å². The van der Waals surface area contributed by atoms with Crippen molar-refractivity contribution in [1.82, 2.24) is 0 Å². The molecular weight excluding hydrogens is 124 g/mol. The zero-order chi connectivity index (χ0) is 7.98. The summed E-state index contributed by atoms with van der Waals surface area (Å²) in [4.78, 5) is 0. The maximum atomic E-state index is 5.35. The standard InChI is InChI=1S/C7H14O.C2H6/c1-6-3-4-8-7(2)5-6;1-2/h6-7H,3-5H2,1-2H3;1-2H3/t6-,7-;/m0./s1. The lowest BCUT2D eigenvalue weighted by atomic mass is 9.99. The molecule has 1 aliphatic heterocycles. The lowest BCUT2D eigenvalue weighted by Gasteiger charge is -2.23. The van der Waals surface area contributed by atoms with E-state index in [2.05, 4.69) is 13.8 Å². The van der Waals surface area contributed by atoms with E-state index < -0.39 is 0 Å². The molecule has 62 valence electrons. The zero-order valence-electron chi connectivity index (χ0n) is 7.68. The maximum Gasteiger partial charge on any atom is 0.0549 e. The molecule has 0 spiro atoms.